The first-order valence-corrected chi connectivity index (χ1v) is 9.64. The second-order valence-corrected chi connectivity index (χ2v) is 7.39. The van der Waals surface area contributed by atoms with E-state index >= 15 is 0 Å². The number of carbonyl (C=O) groups excluding carboxylic acids is 1. The lowest BCUT2D eigenvalue weighted by Crippen LogP contribution is -2.15. The van der Waals surface area contributed by atoms with Gasteiger partial charge in [-0.15, -0.1) is 0 Å². The minimum Gasteiger partial charge on any atom is -0.309 e. The fourth-order valence-corrected chi connectivity index (χ4v) is 3.89. The van der Waals surface area contributed by atoms with Gasteiger partial charge in [-0.25, -0.2) is 0 Å². The van der Waals surface area contributed by atoms with Crippen LogP contribution in [0.25, 0.3) is 10.8 Å². The van der Waals surface area contributed by atoms with E-state index in [-0.39, 0.29) is 11.8 Å². The van der Waals surface area contributed by atoms with Crippen LogP contribution in [0.1, 0.15) is 23.5 Å². The standard InChI is InChI=1S/C24H21N3O/c28-24(22-15-21(22)18-7-2-1-3-8-18)25-23-13-14-27(26-23)16-19-11-6-10-17-9-4-5-12-20(17)19/h1-14,21-22H,15-16H2,(H,25,26,28)/t21-,22+/m0/s1. The minimum atomic E-state index is 0.0469. The smallest absolute Gasteiger partial charge is 0.229 e. The predicted molar refractivity (Wildman–Crippen MR) is 111 cm³/mol. The van der Waals surface area contributed by atoms with E-state index in [4.69, 9.17) is 0 Å². The lowest BCUT2D eigenvalue weighted by Gasteiger charge is -2.07. The molecule has 2 atom stereocenters. The number of hydrogen-bond acceptors (Lipinski definition) is 2. The number of carbonyl (C=O) groups is 1. The van der Waals surface area contributed by atoms with Crippen molar-refractivity contribution in [3.8, 4) is 0 Å². The molecule has 5 rings (SSSR count). The second kappa shape index (κ2) is 6.97. The van der Waals surface area contributed by atoms with Gasteiger partial charge in [0.1, 0.15) is 0 Å². The molecule has 1 aliphatic carbocycles. The molecule has 1 amide bonds. The van der Waals surface area contributed by atoms with Gasteiger partial charge in [-0.2, -0.15) is 5.10 Å². The van der Waals surface area contributed by atoms with Crippen LogP contribution in [0.15, 0.2) is 85.1 Å². The molecule has 138 valence electrons. The molecule has 1 heterocycles. The summed E-state index contributed by atoms with van der Waals surface area (Å²) in [6, 6.07) is 26.8. The maximum absolute atomic E-state index is 12.5. The Hall–Kier alpha value is -3.40. The largest absolute Gasteiger partial charge is 0.309 e. The third-order valence-electron chi connectivity index (χ3n) is 5.46. The molecule has 4 aromatic rings. The monoisotopic (exact) mass is 367 g/mol. The first-order valence-electron chi connectivity index (χ1n) is 9.64. The average Bonchev–Trinajstić information content (AvgIpc) is 3.43. The molecule has 0 spiro atoms. The number of fused-ring (bicyclic) bond motifs is 1. The Morgan fingerprint density at radius 1 is 0.964 bits per heavy atom. The fraction of sp³-hybridized carbons (Fsp3) is 0.167. The molecule has 1 N–H and O–H groups in total. The highest BCUT2D eigenvalue weighted by atomic mass is 16.2. The van der Waals surface area contributed by atoms with Crippen molar-refractivity contribution in [2.75, 3.05) is 5.32 Å². The first kappa shape index (κ1) is 16.8. The van der Waals surface area contributed by atoms with E-state index in [9.17, 15) is 4.79 Å². The SMILES string of the molecule is O=C(Nc1ccn(Cc2cccc3ccccc23)n1)[C@@H]1C[C@H]1c1ccccc1. The quantitative estimate of drug-likeness (QED) is 0.549. The molecule has 4 nitrogen and oxygen atoms in total. The first-order chi connectivity index (χ1) is 13.8. The summed E-state index contributed by atoms with van der Waals surface area (Å²) in [4.78, 5) is 12.5. The van der Waals surface area contributed by atoms with Crippen LogP contribution in [0.4, 0.5) is 5.82 Å². The van der Waals surface area contributed by atoms with Crippen molar-refractivity contribution in [1.29, 1.82) is 0 Å². The summed E-state index contributed by atoms with van der Waals surface area (Å²) in [7, 11) is 0. The summed E-state index contributed by atoms with van der Waals surface area (Å²) in [5, 5.41) is 9.98. The third kappa shape index (κ3) is 3.29. The Labute approximate surface area is 163 Å². The molecule has 0 radical (unpaired) electrons. The topological polar surface area (TPSA) is 46.9 Å². The van der Waals surface area contributed by atoms with E-state index in [1.54, 1.807) is 0 Å². The van der Waals surface area contributed by atoms with Crippen LogP contribution in [0.5, 0.6) is 0 Å². The van der Waals surface area contributed by atoms with Gasteiger partial charge < -0.3 is 5.32 Å². The molecule has 0 saturated heterocycles. The highest BCUT2D eigenvalue weighted by molar-refractivity contribution is 5.94. The van der Waals surface area contributed by atoms with Crippen LogP contribution in [-0.4, -0.2) is 15.7 Å². The zero-order valence-corrected chi connectivity index (χ0v) is 15.5. The van der Waals surface area contributed by atoms with E-state index in [1.807, 2.05) is 41.2 Å². The molecule has 4 heteroatoms. The number of nitrogens with one attached hydrogen (secondary N) is 1. The lowest BCUT2D eigenvalue weighted by atomic mass is 10.0. The molecular formula is C24H21N3O. The summed E-state index contributed by atoms with van der Waals surface area (Å²) < 4.78 is 1.87. The van der Waals surface area contributed by atoms with E-state index in [1.165, 1.54) is 21.9 Å². The number of hydrogen-bond donors (Lipinski definition) is 1. The minimum absolute atomic E-state index is 0.0469. The Kier molecular flexibility index (Phi) is 4.17. The molecule has 28 heavy (non-hydrogen) atoms. The summed E-state index contributed by atoms with van der Waals surface area (Å²) in [6.45, 7) is 0.674. The van der Waals surface area contributed by atoms with Crippen molar-refractivity contribution in [3.63, 3.8) is 0 Å². The maximum atomic E-state index is 12.5. The van der Waals surface area contributed by atoms with Gasteiger partial charge in [0.25, 0.3) is 0 Å². The van der Waals surface area contributed by atoms with Gasteiger partial charge in [0.15, 0.2) is 5.82 Å². The Morgan fingerprint density at radius 3 is 2.64 bits per heavy atom. The molecule has 3 aromatic carbocycles. The van der Waals surface area contributed by atoms with Crippen molar-refractivity contribution in [3.05, 3.63) is 96.2 Å². The van der Waals surface area contributed by atoms with Crippen LogP contribution < -0.4 is 5.32 Å². The number of amides is 1. The van der Waals surface area contributed by atoms with Crippen molar-refractivity contribution in [2.45, 2.75) is 18.9 Å². The summed E-state index contributed by atoms with van der Waals surface area (Å²) in [5.74, 6) is 1.05. The van der Waals surface area contributed by atoms with Crippen molar-refractivity contribution in [2.24, 2.45) is 5.92 Å². The van der Waals surface area contributed by atoms with E-state index in [0.717, 1.165) is 6.42 Å². The zero-order valence-electron chi connectivity index (χ0n) is 15.5. The molecule has 1 aliphatic rings. The normalized spacial score (nSPS) is 18.1. The van der Waals surface area contributed by atoms with Crippen molar-refractivity contribution in [1.82, 2.24) is 9.78 Å². The highest BCUT2D eigenvalue weighted by Gasteiger charge is 2.43. The summed E-state index contributed by atoms with van der Waals surface area (Å²) in [6.07, 6.45) is 2.82. The number of nitrogens with zero attached hydrogens (tertiary/aromatic N) is 2. The molecule has 0 unspecified atom stereocenters. The third-order valence-corrected chi connectivity index (χ3v) is 5.46. The van der Waals surface area contributed by atoms with Gasteiger partial charge in [0.2, 0.25) is 5.91 Å². The van der Waals surface area contributed by atoms with E-state index in [2.05, 4.69) is 58.9 Å². The fourth-order valence-electron chi connectivity index (χ4n) is 3.89. The Balaban J connectivity index is 1.26. The van der Waals surface area contributed by atoms with Crippen LogP contribution in [-0.2, 0) is 11.3 Å². The number of aromatic nitrogens is 2. The number of benzene rings is 3. The number of rotatable bonds is 5. The van der Waals surface area contributed by atoms with Crippen LogP contribution in [0.3, 0.4) is 0 Å². The Bertz CT molecular complexity index is 1130. The summed E-state index contributed by atoms with van der Waals surface area (Å²) >= 11 is 0. The van der Waals surface area contributed by atoms with Gasteiger partial charge in [-0.05, 0) is 34.2 Å². The molecule has 1 fully saturated rings. The van der Waals surface area contributed by atoms with Crippen LogP contribution >= 0.6 is 0 Å². The molecule has 0 bridgehead atoms. The molecule has 1 saturated carbocycles. The van der Waals surface area contributed by atoms with Crippen LogP contribution in [0, 0.1) is 5.92 Å². The zero-order chi connectivity index (χ0) is 18.9. The highest BCUT2D eigenvalue weighted by Crippen LogP contribution is 2.47. The molecular weight excluding hydrogens is 346 g/mol. The van der Waals surface area contributed by atoms with E-state index < -0.39 is 0 Å². The lowest BCUT2D eigenvalue weighted by molar-refractivity contribution is -0.117. The van der Waals surface area contributed by atoms with Crippen molar-refractivity contribution >= 4 is 22.5 Å². The predicted octanol–water partition coefficient (Wildman–Crippen LogP) is 4.83. The van der Waals surface area contributed by atoms with Crippen LogP contribution in [0.2, 0.25) is 0 Å². The number of anilines is 1. The van der Waals surface area contributed by atoms with Gasteiger partial charge in [0.05, 0.1) is 6.54 Å². The maximum Gasteiger partial charge on any atom is 0.229 e. The van der Waals surface area contributed by atoms with Gasteiger partial charge in [-0.1, -0.05) is 72.8 Å². The molecule has 1 aromatic heterocycles. The van der Waals surface area contributed by atoms with Crippen molar-refractivity contribution < 1.29 is 4.79 Å². The summed E-state index contributed by atoms with van der Waals surface area (Å²) in [5.41, 5.74) is 2.45. The second-order valence-electron chi connectivity index (χ2n) is 7.39. The van der Waals surface area contributed by atoms with Gasteiger partial charge >= 0.3 is 0 Å². The van der Waals surface area contributed by atoms with Gasteiger partial charge in [0, 0.05) is 18.2 Å². The van der Waals surface area contributed by atoms with Gasteiger partial charge in [-0.3, -0.25) is 9.48 Å². The molecule has 0 aliphatic heterocycles. The Morgan fingerprint density at radius 2 is 1.75 bits per heavy atom. The average molecular weight is 367 g/mol. The van der Waals surface area contributed by atoms with E-state index in [0.29, 0.717) is 18.3 Å².